The number of carboxylic acids is 1. The lowest BCUT2D eigenvalue weighted by Crippen LogP contribution is -2.29. The lowest BCUT2D eigenvalue weighted by Gasteiger charge is -2.28. The van der Waals surface area contributed by atoms with Gasteiger partial charge in [0.1, 0.15) is 5.54 Å². The van der Waals surface area contributed by atoms with Crippen molar-refractivity contribution >= 4 is 12.3 Å². The van der Waals surface area contributed by atoms with Gasteiger partial charge >= 0.3 is 5.97 Å². The van der Waals surface area contributed by atoms with E-state index in [2.05, 4.69) is 35.0 Å². The SMILES string of the molecule is CC12CC=CC=C1N(Cc1ccc(C(=O)O)cc1)C=N2. The fraction of sp³-hybridized carbons (Fsp3) is 0.250. The van der Waals surface area contributed by atoms with E-state index < -0.39 is 5.97 Å². The van der Waals surface area contributed by atoms with Gasteiger partial charge in [0, 0.05) is 12.2 Å². The van der Waals surface area contributed by atoms with Crippen LogP contribution in [0.25, 0.3) is 0 Å². The van der Waals surface area contributed by atoms with Crippen LogP contribution in [-0.4, -0.2) is 27.9 Å². The quantitative estimate of drug-likeness (QED) is 0.917. The van der Waals surface area contributed by atoms with E-state index in [1.807, 2.05) is 18.5 Å². The summed E-state index contributed by atoms with van der Waals surface area (Å²) in [6.07, 6.45) is 9.09. The van der Waals surface area contributed by atoms with Gasteiger partial charge in [0.2, 0.25) is 0 Å². The van der Waals surface area contributed by atoms with E-state index >= 15 is 0 Å². The zero-order chi connectivity index (χ0) is 14.2. The standard InChI is InChI=1S/C16H16N2O2/c1-16-9-3-2-4-14(16)18(11-17-16)10-12-5-7-13(8-6-12)15(19)20/h2-8,11H,9-10H2,1H3,(H,19,20). The Labute approximate surface area is 117 Å². The monoisotopic (exact) mass is 268 g/mol. The van der Waals surface area contributed by atoms with Gasteiger partial charge in [0.25, 0.3) is 0 Å². The smallest absolute Gasteiger partial charge is 0.335 e. The highest BCUT2D eigenvalue weighted by Crippen LogP contribution is 2.35. The Morgan fingerprint density at radius 2 is 2.15 bits per heavy atom. The summed E-state index contributed by atoms with van der Waals surface area (Å²) in [6.45, 7) is 2.84. The molecular weight excluding hydrogens is 252 g/mol. The average molecular weight is 268 g/mol. The van der Waals surface area contributed by atoms with E-state index in [4.69, 9.17) is 5.11 Å². The maximum Gasteiger partial charge on any atom is 0.335 e. The van der Waals surface area contributed by atoms with Crippen LogP contribution in [0.4, 0.5) is 0 Å². The average Bonchev–Trinajstić information content (AvgIpc) is 2.77. The molecule has 4 nitrogen and oxygen atoms in total. The number of carbonyl (C=O) groups is 1. The number of carboxylic acid groups (broad SMARTS) is 1. The van der Waals surface area contributed by atoms with Crippen molar-refractivity contribution in [3.05, 3.63) is 59.3 Å². The number of benzene rings is 1. The zero-order valence-corrected chi connectivity index (χ0v) is 11.3. The second-order valence-electron chi connectivity index (χ2n) is 5.33. The highest BCUT2D eigenvalue weighted by molar-refractivity contribution is 5.87. The van der Waals surface area contributed by atoms with Gasteiger partial charge in [-0.15, -0.1) is 0 Å². The Morgan fingerprint density at radius 3 is 2.85 bits per heavy atom. The Balaban J connectivity index is 1.79. The number of aliphatic imine (C=N–C) groups is 1. The van der Waals surface area contributed by atoms with Crippen LogP contribution in [0.15, 0.2) is 53.2 Å². The lowest BCUT2D eigenvalue weighted by atomic mass is 9.90. The number of fused-ring (bicyclic) bond motifs is 1. The summed E-state index contributed by atoms with van der Waals surface area (Å²) in [4.78, 5) is 17.6. The van der Waals surface area contributed by atoms with Crippen LogP contribution in [0.3, 0.4) is 0 Å². The van der Waals surface area contributed by atoms with Gasteiger partial charge in [-0.05, 0) is 37.1 Å². The number of rotatable bonds is 3. The van der Waals surface area contributed by atoms with Crippen molar-refractivity contribution in [2.45, 2.75) is 25.4 Å². The molecule has 1 heterocycles. The molecule has 20 heavy (non-hydrogen) atoms. The minimum absolute atomic E-state index is 0.143. The third-order valence-electron chi connectivity index (χ3n) is 3.80. The van der Waals surface area contributed by atoms with Crippen LogP contribution in [0.1, 0.15) is 29.3 Å². The lowest BCUT2D eigenvalue weighted by molar-refractivity contribution is 0.0697. The van der Waals surface area contributed by atoms with Gasteiger partial charge in [-0.1, -0.05) is 24.3 Å². The van der Waals surface area contributed by atoms with Gasteiger partial charge in [0.05, 0.1) is 11.9 Å². The molecule has 1 aromatic carbocycles. The van der Waals surface area contributed by atoms with Gasteiger partial charge in [-0.25, -0.2) is 4.79 Å². The first kappa shape index (κ1) is 12.7. The van der Waals surface area contributed by atoms with E-state index in [1.54, 1.807) is 12.1 Å². The Morgan fingerprint density at radius 1 is 1.40 bits per heavy atom. The van der Waals surface area contributed by atoms with Crippen molar-refractivity contribution in [3.63, 3.8) is 0 Å². The number of aromatic carboxylic acids is 1. The summed E-state index contributed by atoms with van der Waals surface area (Å²) >= 11 is 0. The number of allylic oxidation sites excluding steroid dienone is 2. The van der Waals surface area contributed by atoms with Crippen molar-refractivity contribution < 1.29 is 9.90 Å². The third kappa shape index (κ3) is 2.13. The molecule has 0 spiro atoms. The van der Waals surface area contributed by atoms with E-state index in [0.29, 0.717) is 12.1 Å². The summed E-state index contributed by atoms with van der Waals surface area (Å²) in [5.74, 6) is -0.896. The number of hydrogen-bond donors (Lipinski definition) is 1. The Kier molecular flexibility index (Phi) is 2.93. The molecule has 1 atom stereocenters. The molecule has 1 aliphatic heterocycles. The van der Waals surface area contributed by atoms with E-state index in [9.17, 15) is 4.79 Å². The van der Waals surface area contributed by atoms with Crippen LogP contribution in [0, 0.1) is 0 Å². The molecule has 1 N–H and O–H groups in total. The van der Waals surface area contributed by atoms with Crippen molar-refractivity contribution in [1.82, 2.24) is 4.90 Å². The Hall–Kier alpha value is -2.36. The second-order valence-corrected chi connectivity index (χ2v) is 5.33. The predicted molar refractivity (Wildman–Crippen MR) is 77.7 cm³/mol. The molecule has 3 rings (SSSR count). The van der Waals surface area contributed by atoms with Crippen LogP contribution in [-0.2, 0) is 6.54 Å². The van der Waals surface area contributed by atoms with Gasteiger partial charge < -0.3 is 10.0 Å². The molecule has 1 unspecified atom stereocenters. The molecule has 0 fully saturated rings. The molecule has 0 saturated carbocycles. The van der Waals surface area contributed by atoms with E-state index in [0.717, 1.165) is 12.0 Å². The van der Waals surface area contributed by atoms with Crippen molar-refractivity contribution in [2.24, 2.45) is 4.99 Å². The minimum Gasteiger partial charge on any atom is -0.478 e. The van der Waals surface area contributed by atoms with Crippen LogP contribution in [0.2, 0.25) is 0 Å². The molecular formula is C16H16N2O2. The van der Waals surface area contributed by atoms with Gasteiger partial charge in [-0.3, -0.25) is 4.99 Å². The van der Waals surface area contributed by atoms with Crippen LogP contribution < -0.4 is 0 Å². The first-order chi connectivity index (χ1) is 9.58. The minimum atomic E-state index is -0.896. The number of nitrogens with zero attached hydrogens (tertiary/aromatic N) is 2. The molecule has 0 amide bonds. The molecule has 0 saturated heterocycles. The largest absolute Gasteiger partial charge is 0.478 e. The third-order valence-corrected chi connectivity index (χ3v) is 3.80. The molecule has 1 aromatic rings. The van der Waals surface area contributed by atoms with E-state index in [1.165, 1.54) is 5.70 Å². The highest BCUT2D eigenvalue weighted by atomic mass is 16.4. The maximum absolute atomic E-state index is 10.8. The summed E-state index contributed by atoms with van der Waals surface area (Å²) in [5, 5.41) is 8.90. The fourth-order valence-electron chi connectivity index (χ4n) is 2.60. The summed E-state index contributed by atoms with van der Waals surface area (Å²) in [5.41, 5.74) is 2.44. The van der Waals surface area contributed by atoms with Crippen LogP contribution >= 0.6 is 0 Å². The molecule has 0 bridgehead atoms. The first-order valence-electron chi connectivity index (χ1n) is 6.60. The molecule has 102 valence electrons. The van der Waals surface area contributed by atoms with Gasteiger partial charge in [-0.2, -0.15) is 0 Å². The maximum atomic E-state index is 10.8. The molecule has 0 radical (unpaired) electrons. The molecule has 4 heteroatoms. The second kappa shape index (κ2) is 4.63. The predicted octanol–water partition coefficient (Wildman–Crippen LogP) is 2.83. The summed E-state index contributed by atoms with van der Waals surface area (Å²) in [7, 11) is 0. The van der Waals surface area contributed by atoms with Gasteiger partial charge in [0.15, 0.2) is 0 Å². The van der Waals surface area contributed by atoms with Crippen molar-refractivity contribution in [1.29, 1.82) is 0 Å². The molecule has 1 aliphatic carbocycles. The topological polar surface area (TPSA) is 52.9 Å². The summed E-state index contributed by atoms with van der Waals surface area (Å²) in [6, 6.07) is 6.98. The first-order valence-corrected chi connectivity index (χ1v) is 6.60. The normalized spacial score (nSPS) is 23.6. The number of hydrogen-bond acceptors (Lipinski definition) is 3. The van der Waals surface area contributed by atoms with E-state index in [-0.39, 0.29) is 5.54 Å². The van der Waals surface area contributed by atoms with Crippen LogP contribution in [0.5, 0.6) is 0 Å². The molecule has 0 aromatic heterocycles. The molecule has 2 aliphatic rings. The zero-order valence-electron chi connectivity index (χ0n) is 11.3. The van der Waals surface area contributed by atoms with Crippen molar-refractivity contribution in [2.75, 3.05) is 0 Å². The summed E-state index contributed by atoms with van der Waals surface area (Å²) < 4.78 is 0. The fourth-order valence-corrected chi connectivity index (χ4v) is 2.60. The Bertz CT molecular complexity index is 628. The van der Waals surface area contributed by atoms with Crippen molar-refractivity contribution in [3.8, 4) is 0 Å². The highest BCUT2D eigenvalue weighted by Gasteiger charge is 2.35.